The molecule has 6 heteroatoms. The van der Waals surface area contributed by atoms with E-state index in [1.54, 1.807) is 0 Å². The predicted octanol–water partition coefficient (Wildman–Crippen LogP) is 5.06. The van der Waals surface area contributed by atoms with Gasteiger partial charge in [0, 0.05) is 37.5 Å². The maximum Gasteiger partial charge on any atom is 0.273 e. The van der Waals surface area contributed by atoms with Crippen molar-refractivity contribution in [2.75, 3.05) is 33.3 Å². The average Bonchev–Trinajstić information content (AvgIpc) is 3.29. The van der Waals surface area contributed by atoms with Gasteiger partial charge in [0.2, 0.25) is 0 Å². The molecule has 0 spiro atoms. The number of carbonyl (C=O) groups excluding carboxylic acids is 1. The highest BCUT2D eigenvalue weighted by atomic mass is 32.1. The van der Waals surface area contributed by atoms with E-state index in [-0.39, 0.29) is 5.91 Å². The van der Waals surface area contributed by atoms with Crippen LogP contribution in [0.4, 0.5) is 0 Å². The second-order valence-corrected chi connectivity index (χ2v) is 10.0. The number of carbonyl (C=O) groups is 1. The maximum atomic E-state index is 12.7. The van der Waals surface area contributed by atoms with E-state index in [9.17, 15) is 4.79 Å². The molecule has 1 aromatic heterocycles. The summed E-state index contributed by atoms with van der Waals surface area (Å²) < 4.78 is 6.08. The number of aryl methyl sites for hydroxylation is 1. The summed E-state index contributed by atoms with van der Waals surface area (Å²) in [6.07, 6.45) is 3.16. The lowest BCUT2D eigenvalue weighted by molar-refractivity contribution is 0.0628. The molecule has 2 aromatic carbocycles. The number of amides is 1. The van der Waals surface area contributed by atoms with E-state index in [1.807, 2.05) is 17.2 Å². The SMILES string of the molecule is Cc1nc(C(=O)N2CCC[C@H](COc3ccc(CN(C)CCc4ccccc4)cc3)C2)cs1. The molecular formula is C27H33N3O2S. The summed E-state index contributed by atoms with van der Waals surface area (Å²) >= 11 is 1.52. The monoisotopic (exact) mass is 463 g/mol. The third-order valence-corrected chi connectivity index (χ3v) is 6.90. The van der Waals surface area contributed by atoms with Crippen LogP contribution in [-0.4, -0.2) is 54.0 Å². The summed E-state index contributed by atoms with van der Waals surface area (Å²) in [5.41, 5.74) is 3.23. The van der Waals surface area contributed by atoms with Crippen LogP contribution in [0.15, 0.2) is 60.0 Å². The Hall–Kier alpha value is -2.70. The van der Waals surface area contributed by atoms with Gasteiger partial charge in [0.15, 0.2) is 0 Å². The fraction of sp³-hybridized carbons (Fsp3) is 0.407. The van der Waals surface area contributed by atoms with Crippen molar-refractivity contribution in [2.24, 2.45) is 5.92 Å². The number of likely N-dealkylation sites (tertiary alicyclic amines) is 1. The second kappa shape index (κ2) is 11.4. The van der Waals surface area contributed by atoms with Crippen molar-refractivity contribution in [2.45, 2.75) is 32.7 Å². The number of hydrogen-bond acceptors (Lipinski definition) is 5. The van der Waals surface area contributed by atoms with Crippen LogP contribution in [0.25, 0.3) is 0 Å². The Labute approximate surface area is 201 Å². The molecule has 0 saturated carbocycles. The van der Waals surface area contributed by atoms with Gasteiger partial charge < -0.3 is 14.5 Å². The minimum absolute atomic E-state index is 0.0461. The lowest BCUT2D eigenvalue weighted by atomic mass is 9.98. The molecule has 0 bridgehead atoms. The van der Waals surface area contributed by atoms with Gasteiger partial charge in [-0.25, -0.2) is 4.98 Å². The van der Waals surface area contributed by atoms with Crippen molar-refractivity contribution in [3.8, 4) is 5.75 Å². The number of piperidine rings is 1. The summed E-state index contributed by atoms with van der Waals surface area (Å²) in [7, 11) is 2.16. The molecule has 174 valence electrons. The molecule has 1 saturated heterocycles. The second-order valence-electron chi connectivity index (χ2n) is 8.94. The molecule has 1 amide bonds. The number of likely N-dealkylation sites (N-methyl/N-ethyl adjacent to an activating group) is 1. The quantitative estimate of drug-likeness (QED) is 0.445. The molecule has 2 heterocycles. The molecule has 5 nitrogen and oxygen atoms in total. The summed E-state index contributed by atoms with van der Waals surface area (Å²) in [6, 6.07) is 19.0. The zero-order chi connectivity index (χ0) is 23.0. The summed E-state index contributed by atoms with van der Waals surface area (Å²) in [6.45, 7) is 6.05. The zero-order valence-corrected chi connectivity index (χ0v) is 20.4. The van der Waals surface area contributed by atoms with Crippen LogP contribution in [0.3, 0.4) is 0 Å². The fourth-order valence-corrected chi connectivity index (χ4v) is 4.86. The van der Waals surface area contributed by atoms with Crippen LogP contribution >= 0.6 is 11.3 Å². The molecule has 3 aromatic rings. The molecule has 0 unspecified atom stereocenters. The highest BCUT2D eigenvalue weighted by Crippen LogP contribution is 2.21. The Morgan fingerprint density at radius 1 is 1.15 bits per heavy atom. The number of nitrogens with zero attached hydrogens (tertiary/aromatic N) is 3. The Morgan fingerprint density at radius 2 is 1.94 bits per heavy atom. The van der Waals surface area contributed by atoms with E-state index in [1.165, 1.54) is 22.5 Å². The van der Waals surface area contributed by atoms with E-state index >= 15 is 0 Å². The molecule has 1 atom stereocenters. The van der Waals surface area contributed by atoms with Gasteiger partial charge in [-0.3, -0.25) is 4.79 Å². The van der Waals surface area contributed by atoms with Gasteiger partial charge in [-0.1, -0.05) is 42.5 Å². The first-order valence-electron chi connectivity index (χ1n) is 11.7. The Balaban J connectivity index is 1.21. The Bertz CT molecular complexity index is 1020. The molecule has 1 aliphatic heterocycles. The van der Waals surface area contributed by atoms with Crippen molar-refractivity contribution in [3.05, 3.63) is 81.8 Å². The molecule has 4 rings (SSSR count). The van der Waals surface area contributed by atoms with E-state index in [2.05, 4.69) is 71.5 Å². The standard InChI is InChI=1S/C27H33N3O2S/c1-21-28-26(20-33-21)27(31)30-15-6-9-24(18-30)19-32-25-12-10-23(11-13-25)17-29(2)16-14-22-7-4-3-5-8-22/h3-5,7-8,10-13,20,24H,6,9,14-19H2,1-2H3/t24-/m0/s1. The third kappa shape index (κ3) is 6.89. The normalized spacial score (nSPS) is 16.2. The average molecular weight is 464 g/mol. The van der Waals surface area contributed by atoms with Crippen LogP contribution < -0.4 is 4.74 Å². The first-order valence-corrected chi connectivity index (χ1v) is 12.6. The lowest BCUT2D eigenvalue weighted by Crippen LogP contribution is -2.41. The fourth-order valence-electron chi connectivity index (χ4n) is 4.27. The zero-order valence-electron chi connectivity index (χ0n) is 19.6. The van der Waals surface area contributed by atoms with Gasteiger partial charge in [0.25, 0.3) is 5.91 Å². The van der Waals surface area contributed by atoms with Crippen LogP contribution in [0.5, 0.6) is 5.75 Å². The van der Waals surface area contributed by atoms with E-state index in [0.717, 1.165) is 56.2 Å². The number of benzene rings is 2. The van der Waals surface area contributed by atoms with Gasteiger partial charge in [-0.15, -0.1) is 11.3 Å². The van der Waals surface area contributed by atoms with Crippen molar-refractivity contribution in [1.82, 2.24) is 14.8 Å². The lowest BCUT2D eigenvalue weighted by Gasteiger charge is -2.32. The van der Waals surface area contributed by atoms with E-state index in [0.29, 0.717) is 18.2 Å². The Kier molecular flexibility index (Phi) is 8.13. The van der Waals surface area contributed by atoms with Crippen LogP contribution in [0, 0.1) is 12.8 Å². The van der Waals surface area contributed by atoms with Gasteiger partial charge >= 0.3 is 0 Å². The van der Waals surface area contributed by atoms with Gasteiger partial charge in [-0.05, 0) is 56.5 Å². The minimum atomic E-state index is 0.0461. The number of aromatic nitrogens is 1. The number of rotatable bonds is 9. The van der Waals surface area contributed by atoms with Gasteiger partial charge in [0.05, 0.1) is 11.6 Å². The maximum absolute atomic E-state index is 12.7. The van der Waals surface area contributed by atoms with Crippen LogP contribution in [-0.2, 0) is 13.0 Å². The van der Waals surface area contributed by atoms with E-state index < -0.39 is 0 Å². The topological polar surface area (TPSA) is 45.7 Å². The molecule has 0 N–H and O–H groups in total. The first kappa shape index (κ1) is 23.5. The highest BCUT2D eigenvalue weighted by molar-refractivity contribution is 7.09. The Morgan fingerprint density at radius 3 is 2.67 bits per heavy atom. The summed E-state index contributed by atoms with van der Waals surface area (Å²) in [5, 5.41) is 2.79. The molecule has 1 fully saturated rings. The number of hydrogen-bond donors (Lipinski definition) is 0. The van der Waals surface area contributed by atoms with Crippen molar-refractivity contribution in [1.29, 1.82) is 0 Å². The van der Waals surface area contributed by atoms with Crippen LogP contribution in [0.1, 0.15) is 39.5 Å². The summed E-state index contributed by atoms with van der Waals surface area (Å²) in [4.78, 5) is 21.3. The molecule has 0 radical (unpaired) electrons. The van der Waals surface area contributed by atoms with Crippen LogP contribution in [0.2, 0.25) is 0 Å². The minimum Gasteiger partial charge on any atom is -0.493 e. The molecular weight excluding hydrogens is 430 g/mol. The van der Waals surface area contributed by atoms with Crippen molar-refractivity contribution >= 4 is 17.2 Å². The number of ether oxygens (including phenoxy) is 1. The molecule has 33 heavy (non-hydrogen) atoms. The molecule has 1 aliphatic rings. The van der Waals surface area contributed by atoms with Gasteiger partial charge in [0.1, 0.15) is 11.4 Å². The van der Waals surface area contributed by atoms with Crippen molar-refractivity contribution < 1.29 is 9.53 Å². The first-order chi connectivity index (χ1) is 16.1. The third-order valence-electron chi connectivity index (χ3n) is 6.13. The summed E-state index contributed by atoms with van der Waals surface area (Å²) in [5.74, 6) is 1.29. The van der Waals surface area contributed by atoms with Gasteiger partial charge in [-0.2, -0.15) is 0 Å². The largest absolute Gasteiger partial charge is 0.493 e. The van der Waals surface area contributed by atoms with Crippen molar-refractivity contribution in [3.63, 3.8) is 0 Å². The van der Waals surface area contributed by atoms with E-state index in [4.69, 9.17) is 4.74 Å². The number of thiazole rings is 1. The highest BCUT2D eigenvalue weighted by Gasteiger charge is 2.26. The predicted molar refractivity (Wildman–Crippen MR) is 134 cm³/mol. The smallest absolute Gasteiger partial charge is 0.273 e. The molecule has 0 aliphatic carbocycles.